The van der Waals surface area contributed by atoms with Crippen LogP contribution in [0.4, 0.5) is 15.8 Å². The summed E-state index contributed by atoms with van der Waals surface area (Å²) < 4.78 is 19.1. The monoisotopic (exact) mass is 284 g/mol. The molecular weight excluding hydrogens is 271 g/mol. The first-order valence-corrected chi connectivity index (χ1v) is 6.39. The van der Waals surface area contributed by atoms with Crippen LogP contribution in [0.1, 0.15) is 16.1 Å². The Hall–Kier alpha value is -2.82. The summed E-state index contributed by atoms with van der Waals surface area (Å²) >= 11 is 0. The van der Waals surface area contributed by atoms with Crippen molar-refractivity contribution in [2.75, 3.05) is 11.1 Å². The number of fused-ring (bicyclic) bond motifs is 1. The Morgan fingerprint density at radius 3 is 2.81 bits per heavy atom. The van der Waals surface area contributed by atoms with E-state index in [2.05, 4.69) is 5.32 Å². The molecule has 1 amide bonds. The van der Waals surface area contributed by atoms with Gasteiger partial charge in [-0.15, -0.1) is 0 Å². The van der Waals surface area contributed by atoms with Crippen LogP contribution in [0.2, 0.25) is 0 Å². The van der Waals surface area contributed by atoms with E-state index >= 15 is 0 Å². The van der Waals surface area contributed by atoms with Crippen molar-refractivity contribution in [1.29, 1.82) is 0 Å². The number of nitrogens with two attached hydrogens (primary N) is 1. The molecule has 0 aliphatic rings. The first-order valence-electron chi connectivity index (χ1n) is 6.39. The number of benzene rings is 2. The van der Waals surface area contributed by atoms with Gasteiger partial charge in [0.25, 0.3) is 5.91 Å². The van der Waals surface area contributed by atoms with Crippen molar-refractivity contribution in [2.45, 2.75) is 6.92 Å². The van der Waals surface area contributed by atoms with Crippen molar-refractivity contribution >= 4 is 28.3 Å². The second-order valence-electron chi connectivity index (χ2n) is 4.85. The molecule has 0 saturated carbocycles. The lowest BCUT2D eigenvalue weighted by molar-refractivity contribution is 0.0998. The molecule has 0 aliphatic carbocycles. The van der Waals surface area contributed by atoms with Gasteiger partial charge in [0.1, 0.15) is 11.4 Å². The van der Waals surface area contributed by atoms with Gasteiger partial charge >= 0.3 is 0 Å². The topological polar surface area (TPSA) is 68.3 Å². The fourth-order valence-corrected chi connectivity index (χ4v) is 2.10. The highest BCUT2D eigenvalue weighted by molar-refractivity contribution is 6.04. The Balaban J connectivity index is 1.91. The number of aryl methyl sites for hydroxylation is 1. The minimum atomic E-state index is -0.551. The smallest absolute Gasteiger partial charge is 0.291 e. The lowest BCUT2D eigenvalue weighted by Gasteiger charge is -2.05. The van der Waals surface area contributed by atoms with Gasteiger partial charge in [0.2, 0.25) is 0 Å². The predicted molar refractivity (Wildman–Crippen MR) is 79.7 cm³/mol. The number of furan rings is 1. The van der Waals surface area contributed by atoms with Crippen LogP contribution in [0.15, 0.2) is 46.9 Å². The summed E-state index contributed by atoms with van der Waals surface area (Å²) in [5.41, 5.74) is 7.65. The average Bonchev–Trinajstić information content (AvgIpc) is 2.86. The third-order valence-electron chi connectivity index (χ3n) is 3.13. The quantitative estimate of drug-likeness (QED) is 0.705. The van der Waals surface area contributed by atoms with Crippen LogP contribution in [0, 0.1) is 12.7 Å². The van der Waals surface area contributed by atoms with Gasteiger partial charge in [-0.3, -0.25) is 4.79 Å². The standard InChI is InChI=1S/C16H13FN2O2/c1-9-2-5-14-10(6-9)7-15(21-14)16(20)19-13-8-11(18)3-4-12(13)17/h2-8H,18H2,1H3,(H,19,20). The van der Waals surface area contributed by atoms with E-state index in [1.54, 1.807) is 12.1 Å². The zero-order chi connectivity index (χ0) is 15.0. The van der Waals surface area contributed by atoms with Gasteiger partial charge in [-0.05, 0) is 43.3 Å². The Labute approximate surface area is 120 Å². The Morgan fingerprint density at radius 2 is 2.00 bits per heavy atom. The number of anilines is 2. The molecule has 3 N–H and O–H groups in total. The summed E-state index contributed by atoms with van der Waals surface area (Å²) in [5, 5.41) is 3.28. The lowest BCUT2D eigenvalue weighted by Crippen LogP contribution is -2.12. The minimum absolute atomic E-state index is 0.0247. The maximum absolute atomic E-state index is 13.6. The number of carbonyl (C=O) groups excluding carboxylic acids is 1. The molecule has 21 heavy (non-hydrogen) atoms. The zero-order valence-electron chi connectivity index (χ0n) is 11.3. The molecule has 0 fully saturated rings. The number of halogens is 1. The fraction of sp³-hybridized carbons (Fsp3) is 0.0625. The molecule has 0 bridgehead atoms. The summed E-state index contributed by atoms with van der Waals surface area (Å²) in [4.78, 5) is 12.1. The second kappa shape index (κ2) is 4.94. The second-order valence-corrected chi connectivity index (χ2v) is 4.85. The molecule has 1 aromatic heterocycles. The van der Waals surface area contributed by atoms with E-state index in [1.807, 2.05) is 19.1 Å². The van der Waals surface area contributed by atoms with Gasteiger partial charge in [0.15, 0.2) is 5.76 Å². The van der Waals surface area contributed by atoms with Crippen LogP contribution in [-0.2, 0) is 0 Å². The molecule has 0 atom stereocenters. The number of amides is 1. The van der Waals surface area contributed by atoms with Crippen LogP contribution >= 0.6 is 0 Å². The van der Waals surface area contributed by atoms with Crippen LogP contribution in [0.5, 0.6) is 0 Å². The molecule has 0 aliphatic heterocycles. The molecule has 5 heteroatoms. The fourth-order valence-electron chi connectivity index (χ4n) is 2.10. The molecule has 0 radical (unpaired) electrons. The van der Waals surface area contributed by atoms with E-state index in [4.69, 9.17) is 10.2 Å². The van der Waals surface area contributed by atoms with Crippen molar-refractivity contribution in [1.82, 2.24) is 0 Å². The van der Waals surface area contributed by atoms with Gasteiger partial charge in [-0.1, -0.05) is 11.6 Å². The molecule has 1 heterocycles. The Kier molecular flexibility index (Phi) is 3.10. The third-order valence-corrected chi connectivity index (χ3v) is 3.13. The molecule has 4 nitrogen and oxygen atoms in total. The van der Waals surface area contributed by atoms with Crippen molar-refractivity contribution in [3.63, 3.8) is 0 Å². The normalized spacial score (nSPS) is 10.8. The SMILES string of the molecule is Cc1ccc2oc(C(=O)Nc3cc(N)ccc3F)cc2c1. The van der Waals surface area contributed by atoms with Gasteiger partial charge in [0.05, 0.1) is 5.69 Å². The number of hydrogen-bond donors (Lipinski definition) is 2. The lowest BCUT2D eigenvalue weighted by atomic mass is 10.2. The van der Waals surface area contributed by atoms with E-state index in [-0.39, 0.29) is 11.4 Å². The van der Waals surface area contributed by atoms with E-state index in [0.29, 0.717) is 11.3 Å². The summed E-state index contributed by atoms with van der Waals surface area (Å²) in [6.45, 7) is 1.95. The molecule has 2 aromatic carbocycles. The summed E-state index contributed by atoms with van der Waals surface area (Å²) in [7, 11) is 0. The van der Waals surface area contributed by atoms with E-state index in [9.17, 15) is 9.18 Å². The van der Waals surface area contributed by atoms with E-state index < -0.39 is 11.7 Å². The highest BCUT2D eigenvalue weighted by atomic mass is 19.1. The molecule has 3 aromatic rings. The number of nitrogens with one attached hydrogen (secondary N) is 1. The van der Waals surface area contributed by atoms with Crippen LogP contribution < -0.4 is 11.1 Å². The zero-order valence-corrected chi connectivity index (χ0v) is 11.3. The Morgan fingerprint density at radius 1 is 1.19 bits per heavy atom. The molecular formula is C16H13FN2O2. The molecule has 0 saturated heterocycles. The third kappa shape index (κ3) is 2.58. The van der Waals surface area contributed by atoms with E-state index in [1.165, 1.54) is 18.2 Å². The van der Waals surface area contributed by atoms with Crippen molar-refractivity contribution < 1.29 is 13.6 Å². The molecule has 106 valence electrons. The van der Waals surface area contributed by atoms with E-state index in [0.717, 1.165) is 10.9 Å². The van der Waals surface area contributed by atoms with Crippen molar-refractivity contribution in [2.24, 2.45) is 0 Å². The van der Waals surface area contributed by atoms with Crippen LogP contribution in [0.25, 0.3) is 11.0 Å². The predicted octanol–water partition coefficient (Wildman–Crippen LogP) is 3.71. The first-order chi connectivity index (χ1) is 10.0. The maximum Gasteiger partial charge on any atom is 0.291 e. The maximum atomic E-state index is 13.6. The minimum Gasteiger partial charge on any atom is -0.451 e. The number of nitrogen functional groups attached to an aromatic ring is 1. The van der Waals surface area contributed by atoms with Gasteiger partial charge < -0.3 is 15.5 Å². The highest BCUT2D eigenvalue weighted by Gasteiger charge is 2.14. The van der Waals surface area contributed by atoms with Crippen LogP contribution in [-0.4, -0.2) is 5.91 Å². The summed E-state index contributed by atoms with van der Waals surface area (Å²) in [5.74, 6) is -0.949. The van der Waals surface area contributed by atoms with Gasteiger partial charge in [0, 0.05) is 11.1 Å². The first kappa shape index (κ1) is 13.2. The largest absolute Gasteiger partial charge is 0.451 e. The molecule has 0 unspecified atom stereocenters. The number of rotatable bonds is 2. The van der Waals surface area contributed by atoms with Gasteiger partial charge in [-0.25, -0.2) is 4.39 Å². The number of carbonyl (C=O) groups is 1. The molecule has 3 rings (SSSR count). The van der Waals surface area contributed by atoms with Gasteiger partial charge in [-0.2, -0.15) is 0 Å². The summed E-state index contributed by atoms with van der Waals surface area (Å²) in [6, 6.07) is 11.2. The summed E-state index contributed by atoms with van der Waals surface area (Å²) in [6.07, 6.45) is 0. The number of hydrogen-bond acceptors (Lipinski definition) is 3. The van der Waals surface area contributed by atoms with Crippen LogP contribution in [0.3, 0.4) is 0 Å². The Bertz CT molecular complexity index is 839. The highest BCUT2D eigenvalue weighted by Crippen LogP contribution is 2.23. The van der Waals surface area contributed by atoms with Crippen molar-refractivity contribution in [3.05, 3.63) is 59.6 Å². The average molecular weight is 284 g/mol. The molecule has 0 spiro atoms. The van der Waals surface area contributed by atoms with Crippen molar-refractivity contribution in [3.8, 4) is 0 Å².